The Bertz CT molecular complexity index is 595. The Morgan fingerprint density at radius 2 is 1.30 bits per heavy atom. The molecule has 0 aliphatic heterocycles. The minimum Gasteiger partial charge on any atom is -0.504 e. The van der Waals surface area contributed by atoms with Gasteiger partial charge in [0, 0.05) is 11.1 Å². The van der Waals surface area contributed by atoms with Crippen LogP contribution in [0.3, 0.4) is 0 Å². The van der Waals surface area contributed by atoms with Crippen LogP contribution < -0.4 is 4.74 Å². The third kappa shape index (κ3) is 6.64. The molecule has 3 N–H and O–H groups in total. The van der Waals surface area contributed by atoms with E-state index in [1.165, 1.54) is 0 Å². The molecule has 154 valence electrons. The van der Waals surface area contributed by atoms with E-state index in [2.05, 4.69) is 20.8 Å². The Hall–Kier alpha value is -1.91. The molecule has 0 radical (unpaired) electrons. The smallest absolute Gasteiger partial charge is 0.343 e. The maximum atomic E-state index is 11.8. The number of carboxylic acid groups (broad SMARTS) is 1. The van der Waals surface area contributed by atoms with E-state index in [4.69, 9.17) is 4.74 Å². The van der Waals surface area contributed by atoms with Gasteiger partial charge in [0.2, 0.25) is 0 Å². The summed E-state index contributed by atoms with van der Waals surface area (Å²) in [6.45, 7) is 6.72. The summed E-state index contributed by atoms with van der Waals surface area (Å²) in [7, 11) is 0. The highest BCUT2D eigenvalue weighted by atomic mass is 16.5. The summed E-state index contributed by atoms with van der Waals surface area (Å²) in [6, 6.07) is 0. The van der Waals surface area contributed by atoms with Crippen LogP contribution in [0.5, 0.6) is 17.2 Å². The molecule has 0 spiro atoms. The van der Waals surface area contributed by atoms with Crippen molar-refractivity contribution in [3.63, 3.8) is 0 Å². The first kappa shape index (κ1) is 23.1. The van der Waals surface area contributed by atoms with Gasteiger partial charge in [-0.15, -0.1) is 0 Å². The molecular formula is C22H36O5. The summed E-state index contributed by atoms with van der Waals surface area (Å²) in [5, 5.41) is 30.5. The van der Waals surface area contributed by atoms with Crippen molar-refractivity contribution in [2.45, 2.75) is 91.4 Å². The number of rotatable bonds is 14. The highest BCUT2D eigenvalue weighted by Gasteiger charge is 2.28. The van der Waals surface area contributed by atoms with Gasteiger partial charge in [0.25, 0.3) is 0 Å². The number of carboxylic acids is 1. The summed E-state index contributed by atoms with van der Waals surface area (Å²) in [6.07, 6.45) is 10.0. The van der Waals surface area contributed by atoms with Gasteiger partial charge in [-0.3, -0.25) is 0 Å². The summed E-state index contributed by atoms with van der Waals surface area (Å²) >= 11 is 0. The quantitative estimate of drug-likeness (QED) is 0.279. The van der Waals surface area contributed by atoms with Crippen molar-refractivity contribution in [1.82, 2.24) is 0 Å². The van der Waals surface area contributed by atoms with Crippen LogP contribution in [0.2, 0.25) is 0 Å². The van der Waals surface area contributed by atoms with Crippen LogP contribution in [0.15, 0.2) is 0 Å². The van der Waals surface area contributed by atoms with Gasteiger partial charge in [-0.25, -0.2) is 4.79 Å². The van der Waals surface area contributed by atoms with E-state index >= 15 is 0 Å². The fourth-order valence-corrected chi connectivity index (χ4v) is 3.32. The fraction of sp³-hybridized carbons (Fsp3) is 0.682. The molecule has 0 atom stereocenters. The van der Waals surface area contributed by atoms with Crippen molar-refractivity contribution in [3.8, 4) is 17.2 Å². The van der Waals surface area contributed by atoms with Crippen molar-refractivity contribution in [1.29, 1.82) is 0 Å². The molecule has 5 heteroatoms. The molecule has 1 aromatic carbocycles. The molecule has 0 heterocycles. The summed E-state index contributed by atoms with van der Waals surface area (Å²) in [5.74, 6) is -1.89. The Balaban J connectivity index is 3.36. The van der Waals surface area contributed by atoms with Crippen molar-refractivity contribution in [2.24, 2.45) is 0 Å². The van der Waals surface area contributed by atoms with Gasteiger partial charge in [0.1, 0.15) is 11.3 Å². The van der Waals surface area contributed by atoms with Gasteiger partial charge < -0.3 is 20.1 Å². The zero-order valence-corrected chi connectivity index (χ0v) is 17.1. The number of ether oxygens (including phenoxy) is 1. The number of benzene rings is 1. The molecule has 0 saturated carbocycles. The largest absolute Gasteiger partial charge is 0.504 e. The van der Waals surface area contributed by atoms with Crippen LogP contribution in [-0.4, -0.2) is 27.9 Å². The van der Waals surface area contributed by atoms with Crippen molar-refractivity contribution in [3.05, 3.63) is 16.7 Å². The van der Waals surface area contributed by atoms with Crippen molar-refractivity contribution in [2.75, 3.05) is 6.61 Å². The van der Waals surface area contributed by atoms with Gasteiger partial charge in [-0.05, 0) is 32.1 Å². The lowest BCUT2D eigenvalue weighted by atomic mass is 9.92. The monoisotopic (exact) mass is 380 g/mol. The van der Waals surface area contributed by atoms with E-state index in [0.717, 1.165) is 63.4 Å². The van der Waals surface area contributed by atoms with Crippen LogP contribution >= 0.6 is 0 Å². The van der Waals surface area contributed by atoms with E-state index in [1.807, 2.05) is 0 Å². The Morgan fingerprint density at radius 1 is 0.778 bits per heavy atom. The molecule has 0 amide bonds. The fourth-order valence-electron chi connectivity index (χ4n) is 3.32. The second-order valence-electron chi connectivity index (χ2n) is 7.13. The summed E-state index contributed by atoms with van der Waals surface area (Å²) in [4.78, 5) is 11.8. The van der Waals surface area contributed by atoms with Crippen molar-refractivity contribution < 1.29 is 24.9 Å². The first-order valence-corrected chi connectivity index (χ1v) is 10.4. The number of hydrogen-bond acceptors (Lipinski definition) is 4. The summed E-state index contributed by atoms with van der Waals surface area (Å²) in [5.41, 5.74) is 1.09. The highest BCUT2D eigenvalue weighted by Crippen LogP contribution is 2.44. The number of aromatic carboxylic acids is 1. The average molecular weight is 381 g/mol. The lowest BCUT2D eigenvalue weighted by Gasteiger charge is -2.21. The molecule has 27 heavy (non-hydrogen) atoms. The lowest BCUT2D eigenvalue weighted by Crippen LogP contribution is -2.11. The normalized spacial score (nSPS) is 10.9. The van der Waals surface area contributed by atoms with Gasteiger partial charge in [-0.1, -0.05) is 59.3 Å². The third-order valence-corrected chi connectivity index (χ3v) is 4.88. The first-order chi connectivity index (χ1) is 13.0. The maximum absolute atomic E-state index is 11.8. The molecule has 1 rings (SSSR count). The maximum Gasteiger partial charge on any atom is 0.343 e. The number of carbonyl (C=O) groups is 1. The average Bonchev–Trinajstić information content (AvgIpc) is 2.64. The number of hydrogen-bond donors (Lipinski definition) is 3. The number of phenolic OH excluding ortho intramolecular Hbond substituents is 1. The van der Waals surface area contributed by atoms with E-state index < -0.39 is 11.7 Å². The molecule has 0 bridgehead atoms. The predicted molar refractivity (Wildman–Crippen MR) is 108 cm³/mol. The Kier molecular flexibility index (Phi) is 10.7. The highest BCUT2D eigenvalue weighted by molar-refractivity contribution is 5.96. The molecule has 0 aliphatic rings. The minimum absolute atomic E-state index is 0.247. The molecule has 1 aromatic rings. The second-order valence-corrected chi connectivity index (χ2v) is 7.13. The van der Waals surface area contributed by atoms with E-state index in [1.54, 1.807) is 0 Å². The van der Waals surface area contributed by atoms with Crippen LogP contribution in [0.4, 0.5) is 0 Å². The molecule has 0 saturated heterocycles. The van der Waals surface area contributed by atoms with Crippen molar-refractivity contribution >= 4 is 5.97 Å². The van der Waals surface area contributed by atoms with E-state index in [0.29, 0.717) is 25.0 Å². The molecule has 0 aromatic heterocycles. The SMILES string of the molecule is CCCCCOc1c(CCCCC)c(CCCCC)c(O)c(O)c1C(=O)O. The van der Waals surface area contributed by atoms with Crippen LogP contribution in [0, 0.1) is 0 Å². The number of aromatic hydroxyl groups is 2. The van der Waals surface area contributed by atoms with E-state index in [-0.39, 0.29) is 17.1 Å². The molecule has 0 aliphatic carbocycles. The standard InChI is InChI=1S/C22H36O5/c1-4-7-10-13-16-17(14-11-8-5-2)21(27-15-12-9-6-3)18(22(25)26)20(24)19(16)23/h23-24H,4-15H2,1-3H3,(H,25,26). The molecule has 0 fully saturated rings. The Morgan fingerprint density at radius 3 is 1.81 bits per heavy atom. The molecular weight excluding hydrogens is 344 g/mol. The van der Waals surface area contributed by atoms with Crippen LogP contribution in [0.1, 0.15) is 100 Å². The van der Waals surface area contributed by atoms with Crippen LogP contribution in [-0.2, 0) is 12.8 Å². The summed E-state index contributed by atoms with van der Waals surface area (Å²) < 4.78 is 5.89. The van der Waals surface area contributed by atoms with Gasteiger partial charge in [0.05, 0.1) is 6.61 Å². The van der Waals surface area contributed by atoms with Gasteiger partial charge >= 0.3 is 5.97 Å². The number of unbranched alkanes of at least 4 members (excludes halogenated alkanes) is 6. The van der Waals surface area contributed by atoms with E-state index in [9.17, 15) is 20.1 Å². The zero-order valence-electron chi connectivity index (χ0n) is 17.1. The minimum atomic E-state index is -1.27. The third-order valence-electron chi connectivity index (χ3n) is 4.88. The topological polar surface area (TPSA) is 87.0 Å². The lowest BCUT2D eigenvalue weighted by molar-refractivity contribution is 0.0687. The predicted octanol–water partition coefficient (Wildman–Crippen LogP) is 5.83. The zero-order chi connectivity index (χ0) is 20.2. The van der Waals surface area contributed by atoms with Gasteiger partial charge in [-0.2, -0.15) is 0 Å². The molecule has 0 unspecified atom stereocenters. The van der Waals surface area contributed by atoms with Gasteiger partial charge in [0.15, 0.2) is 11.5 Å². The second kappa shape index (κ2) is 12.5. The molecule has 5 nitrogen and oxygen atoms in total. The first-order valence-electron chi connectivity index (χ1n) is 10.4. The van der Waals surface area contributed by atoms with Crippen LogP contribution in [0.25, 0.3) is 0 Å². The Labute approximate surface area is 163 Å². The number of phenols is 2.